The minimum atomic E-state index is 0.261. The van der Waals surface area contributed by atoms with Gasteiger partial charge in [-0.3, -0.25) is 9.59 Å². The largest absolute Gasteiger partial charge is 0.300 e. The minimum absolute atomic E-state index is 0.261. The van der Waals surface area contributed by atoms with Gasteiger partial charge in [-0.1, -0.05) is 31.2 Å². The average molecular weight is 264 g/mol. The summed E-state index contributed by atoms with van der Waals surface area (Å²) in [7, 11) is 0. The molecule has 0 rings (SSSR count). The maximum absolute atomic E-state index is 11.5. The summed E-state index contributed by atoms with van der Waals surface area (Å²) in [5.41, 5.74) is 0. The standard InChI is InChI=1S/C17H28O2/c1-3-5-6-7-8-9-10-11-13-17(19)15-12-14-16(18)4-2/h3,5,8-9H,4,6-7,10-15H2,1-2H3. The van der Waals surface area contributed by atoms with E-state index in [1.165, 1.54) is 0 Å². The van der Waals surface area contributed by atoms with E-state index in [2.05, 4.69) is 24.3 Å². The zero-order valence-corrected chi connectivity index (χ0v) is 12.5. The molecule has 2 nitrogen and oxygen atoms in total. The van der Waals surface area contributed by atoms with Gasteiger partial charge >= 0.3 is 0 Å². The van der Waals surface area contributed by atoms with Gasteiger partial charge in [0.2, 0.25) is 0 Å². The summed E-state index contributed by atoms with van der Waals surface area (Å²) in [5, 5.41) is 0. The van der Waals surface area contributed by atoms with Crippen molar-refractivity contribution in [3.05, 3.63) is 24.3 Å². The molecule has 0 fully saturated rings. The molecule has 0 unspecified atom stereocenters. The molecule has 0 heterocycles. The van der Waals surface area contributed by atoms with E-state index in [1.807, 2.05) is 13.8 Å². The molecule has 2 heteroatoms. The van der Waals surface area contributed by atoms with Crippen molar-refractivity contribution in [2.24, 2.45) is 0 Å². The molecule has 0 bridgehead atoms. The topological polar surface area (TPSA) is 34.1 Å². The van der Waals surface area contributed by atoms with E-state index in [9.17, 15) is 9.59 Å². The molecular weight excluding hydrogens is 236 g/mol. The van der Waals surface area contributed by atoms with Crippen LogP contribution in [0.1, 0.15) is 71.6 Å². The Morgan fingerprint density at radius 1 is 0.789 bits per heavy atom. The molecule has 19 heavy (non-hydrogen) atoms. The number of unbranched alkanes of at least 4 members (excludes halogenated alkanes) is 2. The third kappa shape index (κ3) is 13.1. The average Bonchev–Trinajstić information content (AvgIpc) is 2.41. The van der Waals surface area contributed by atoms with Crippen LogP contribution in [-0.2, 0) is 9.59 Å². The van der Waals surface area contributed by atoms with E-state index >= 15 is 0 Å². The Labute approximate surface area is 118 Å². The van der Waals surface area contributed by atoms with Crippen LogP contribution in [0.4, 0.5) is 0 Å². The Morgan fingerprint density at radius 3 is 2.05 bits per heavy atom. The quantitative estimate of drug-likeness (QED) is 0.375. The van der Waals surface area contributed by atoms with Crippen molar-refractivity contribution in [3.8, 4) is 0 Å². The molecule has 0 spiro atoms. The Hall–Kier alpha value is -1.18. The molecule has 0 amide bonds. The van der Waals surface area contributed by atoms with Gasteiger partial charge in [-0.05, 0) is 39.0 Å². The summed E-state index contributed by atoms with van der Waals surface area (Å²) in [4.78, 5) is 22.6. The van der Waals surface area contributed by atoms with E-state index in [0.717, 1.165) is 32.1 Å². The second kappa shape index (κ2) is 13.3. The SMILES string of the molecule is CC=CCCC=CCCCC(=O)CCCC(=O)CC. The van der Waals surface area contributed by atoms with Gasteiger partial charge < -0.3 is 0 Å². The van der Waals surface area contributed by atoms with Gasteiger partial charge in [-0.2, -0.15) is 0 Å². The number of ketones is 2. The molecule has 0 atom stereocenters. The lowest BCUT2D eigenvalue weighted by atomic mass is 10.1. The predicted molar refractivity (Wildman–Crippen MR) is 81.2 cm³/mol. The number of carbonyl (C=O) groups is 2. The molecule has 0 saturated carbocycles. The lowest BCUT2D eigenvalue weighted by Gasteiger charge is -1.99. The first kappa shape index (κ1) is 17.8. The fourth-order valence-electron chi connectivity index (χ4n) is 1.80. The number of Topliss-reactive ketones (excluding diaryl/α,β-unsaturated/α-hetero) is 2. The van der Waals surface area contributed by atoms with Gasteiger partial charge in [0.15, 0.2) is 0 Å². The van der Waals surface area contributed by atoms with Crippen molar-refractivity contribution in [2.45, 2.75) is 71.6 Å². The predicted octanol–water partition coefficient (Wildman–Crippen LogP) is 4.79. The number of hydrogen-bond acceptors (Lipinski definition) is 2. The van der Waals surface area contributed by atoms with Crippen LogP contribution in [0, 0.1) is 0 Å². The van der Waals surface area contributed by atoms with E-state index < -0.39 is 0 Å². The molecule has 0 aliphatic heterocycles. The molecule has 108 valence electrons. The zero-order chi connectivity index (χ0) is 14.3. The molecule has 0 aliphatic rings. The van der Waals surface area contributed by atoms with Crippen LogP contribution in [0.3, 0.4) is 0 Å². The van der Waals surface area contributed by atoms with Crippen molar-refractivity contribution >= 4 is 11.6 Å². The third-order valence-electron chi connectivity index (χ3n) is 3.03. The van der Waals surface area contributed by atoms with Crippen LogP contribution < -0.4 is 0 Å². The van der Waals surface area contributed by atoms with Crippen LogP contribution in [0.15, 0.2) is 24.3 Å². The van der Waals surface area contributed by atoms with Gasteiger partial charge in [-0.25, -0.2) is 0 Å². The Kier molecular flexibility index (Phi) is 12.4. The Bertz CT molecular complexity index is 300. The lowest BCUT2D eigenvalue weighted by molar-refractivity contribution is -0.120. The van der Waals surface area contributed by atoms with E-state index in [4.69, 9.17) is 0 Å². The summed E-state index contributed by atoms with van der Waals surface area (Å²) >= 11 is 0. The fraction of sp³-hybridized carbons (Fsp3) is 0.647. The highest BCUT2D eigenvalue weighted by Crippen LogP contribution is 2.06. The second-order valence-corrected chi connectivity index (χ2v) is 4.79. The summed E-state index contributed by atoms with van der Waals surface area (Å²) < 4.78 is 0. The monoisotopic (exact) mass is 264 g/mol. The van der Waals surface area contributed by atoms with Gasteiger partial charge in [0.05, 0.1) is 0 Å². The summed E-state index contributed by atoms with van der Waals surface area (Å²) in [5.74, 6) is 0.558. The maximum atomic E-state index is 11.5. The molecular formula is C17H28O2. The van der Waals surface area contributed by atoms with Crippen molar-refractivity contribution in [3.63, 3.8) is 0 Å². The van der Waals surface area contributed by atoms with E-state index in [0.29, 0.717) is 31.5 Å². The normalized spacial score (nSPS) is 11.5. The Balaban J connectivity index is 3.40. The summed E-state index contributed by atoms with van der Waals surface area (Å²) in [6, 6.07) is 0. The van der Waals surface area contributed by atoms with E-state index in [-0.39, 0.29) is 5.78 Å². The van der Waals surface area contributed by atoms with Crippen molar-refractivity contribution < 1.29 is 9.59 Å². The van der Waals surface area contributed by atoms with E-state index in [1.54, 1.807) is 0 Å². The van der Waals surface area contributed by atoms with Crippen LogP contribution in [0.25, 0.3) is 0 Å². The smallest absolute Gasteiger partial charge is 0.132 e. The third-order valence-corrected chi connectivity index (χ3v) is 3.03. The first-order valence-corrected chi connectivity index (χ1v) is 7.50. The summed E-state index contributed by atoms with van der Waals surface area (Å²) in [6.45, 7) is 3.90. The number of carbonyl (C=O) groups excluding carboxylic acids is 2. The maximum Gasteiger partial charge on any atom is 0.132 e. The molecule has 0 aromatic carbocycles. The first-order chi connectivity index (χ1) is 9.20. The van der Waals surface area contributed by atoms with Crippen LogP contribution >= 0.6 is 0 Å². The number of hydrogen-bond donors (Lipinski definition) is 0. The van der Waals surface area contributed by atoms with Gasteiger partial charge in [0.25, 0.3) is 0 Å². The van der Waals surface area contributed by atoms with Crippen molar-refractivity contribution in [1.82, 2.24) is 0 Å². The van der Waals surface area contributed by atoms with Crippen LogP contribution in [0.5, 0.6) is 0 Å². The minimum Gasteiger partial charge on any atom is -0.300 e. The molecule has 0 saturated heterocycles. The number of rotatable bonds is 12. The zero-order valence-electron chi connectivity index (χ0n) is 12.5. The van der Waals surface area contributed by atoms with Gasteiger partial charge in [0.1, 0.15) is 11.6 Å². The van der Waals surface area contributed by atoms with Crippen LogP contribution in [-0.4, -0.2) is 11.6 Å². The van der Waals surface area contributed by atoms with Crippen molar-refractivity contribution in [1.29, 1.82) is 0 Å². The van der Waals surface area contributed by atoms with Crippen molar-refractivity contribution in [2.75, 3.05) is 0 Å². The lowest BCUT2D eigenvalue weighted by Crippen LogP contribution is -2.00. The van der Waals surface area contributed by atoms with Gasteiger partial charge in [0, 0.05) is 25.7 Å². The fourth-order valence-corrected chi connectivity index (χ4v) is 1.80. The van der Waals surface area contributed by atoms with Crippen LogP contribution in [0.2, 0.25) is 0 Å². The highest BCUT2D eigenvalue weighted by molar-refractivity contribution is 5.81. The molecule has 0 aromatic heterocycles. The number of allylic oxidation sites excluding steroid dienone is 4. The molecule has 0 N–H and O–H groups in total. The highest BCUT2D eigenvalue weighted by Gasteiger charge is 2.03. The molecule has 0 aromatic rings. The molecule has 0 aliphatic carbocycles. The van der Waals surface area contributed by atoms with Gasteiger partial charge in [-0.15, -0.1) is 0 Å². The summed E-state index contributed by atoms with van der Waals surface area (Å²) in [6.07, 6.45) is 15.8. The molecule has 0 radical (unpaired) electrons. The highest BCUT2D eigenvalue weighted by atomic mass is 16.1. The second-order valence-electron chi connectivity index (χ2n) is 4.79. The Morgan fingerprint density at radius 2 is 1.37 bits per heavy atom. The first-order valence-electron chi connectivity index (χ1n) is 7.50.